The van der Waals surface area contributed by atoms with E-state index in [0.717, 1.165) is 23.6 Å². The maximum Gasteiger partial charge on any atom is 0.225 e. The van der Waals surface area contributed by atoms with E-state index >= 15 is 0 Å². The molecule has 4 heteroatoms. The first-order valence-corrected chi connectivity index (χ1v) is 8.19. The van der Waals surface area contributed by atoms with E-state index in [9.17, 15) is 0 Å². The predicted octanol–water partition coefficient (Wildman–Crippen LogP) is 4.58. The van der Waals surface area contributed by atoms with Crippen LogP contribution in [0.5, 0.6) is 0 Å². The summed E-state index contributed by atoms with van der Waals surface area (Å²) in [5.41, 5.74) is 3.20. The molecule has 4 nitrogen and oxygen atoms in total. The highest BCUT2D eigenvalue weighted by atomic mass is 15.1. The summed E-state index contributed by atoms with van der Waals surface area (Å²) in [6.45, 7) is 4.89. The molecule has 2 aromatic carbocycles. The van der Waals surface area contributed by atoms with Crippen molar-refractivity contribution >= 4 is 11.8 Å². The van der Waals surface area contributed by atoms with Crippen LogP contribution in [-0.2, 0) is 6.54 Å². The Hall–Kier alpha value is -2.88. The number of nitrogens with zero attached hydrogens (tertiary/aromatic N) is 2. The molecule has 3 rings (SSSR count). The third-order valence-corrected chi connectivity index (χ3v) is 3.53. The minimum absolute atomic E-state index is 0.276. The zero-order chi connectivity index (χ0) is 16.8. The van der Waals surface area contributed by atoms with E-state index in [-0.39, 0.29) is 6.04 Å². The number of rotatable bonds is 6. The van der Waals surface area contributed by atoms with E-state index in [1.54, 1.807) is 0 Å². The van der Waals surface area contributed by atoms with Crippen molar-refractivity contribution in [2.24, 2.45) is 0 Å². The number of hydrogen-bond acceptors (Lipinski definition) is 4. The van der Waals surface area contributed by atoms with Gasteiger partial charge in [-0.15, -0.1) is 0 Å². The molecule has 0 bridgehead atoms. The zero-order valence-electron chi connectivity index (χ0n) is 14.0. The van der Waals surface area contributed by atoms with Gasteiger partial charge in [0, 0.05) is 24.2 Å². The van der Waals surface area contributed by atoms with Gasteiger partial charge < -0.3 is 10.6 Å². The summed E-state index contributed by atoms with van der Waals surface area (Å²) in [4.78, 5) is 9.22. The van der Waals surface area contributed by atoms with Gasteiger partial charge in [0.05, 0.1) is 5.69 Å². The van der Waals surface area contributed by atoms with E-state index in [0.29, 0.717) is 5.95 Å². The normalized spacial score (nSPS) is 10.6. The molecular formula is C20H22N4. The van der Waals surface area contributed by atoms with Crippen molar-refractivity contribution in [1.82, 2.24) is 9.97 Å². The molecule has 0 aliphatic heterocycles. The summed E-state index contributed by atoms with van der Waals surface area (Å²) in [5, 5.41) is 6.68. The Balaban J connectivity index is 1.87. The second kappa shape index (κ2) is 7.59. The second-order valence-corrected chi connectivity index (χ2v) is 5.97. The summed E-state index contributed by atoms with van der Waals surface area (Å²) in [5.74, 6) is 1.46. The van der Waals surface area contributed by atoms with Crippen LogP contribution in [0.2, 0.25) is 0 Å². The predicted molar refractivity (Wildman–Crippen MR) is 100.0 cm³/mol. The number of hydrogen-bond donors (Lipinski definition) is 2. The van der Waals surface area contributed by atoms with Gasteiger partial charge in [-0.1, -0.05) is 60.7 Å². The van der Waals surface area contributed by atoms with Gasteiger partial charge in [0.1, 0.15) is 5.82 Å². The Morgan fingerprint density at radius 1 is 0.875 bits per heavy atom. The first-order valence-electron chi connectivity index (χ1n) is 8.19. The lowest BCUT2D eigenvalue weighted by atomic mass is 10.1. The molecule has 0 saturated carbocycles. The zero-order valence-corrected chi connectivity index (χ0v) is 14.0. The summed E-state index contributed by atoms with van der Waals surface area (Å²) in [6.07, 6.45) is 0. The fourth-order valence-corrected chi connectivity index (χ4v) is 2.41. The maximum absolute atomic E-state index is 4.64. The average molecular weight is 318 g/mol. The van der Waals surface area contributed by atoms with Crippen molar-refractivity contribution in [3.8, 4) is 11.3 Å². The summed E-state index contributed by atoms with van der Waals surface area (Å²) in [6, 6.07) is 22.7. The molecule has 0 unspecified atom stereocenters. The molecular weight excluding hydrogens is 296 g/mol. The third kappa shape index (κ3) is 4.32. The molecule has 24 heavy (non-hydrogen) atoms. The van der Waals surface area contributed by atoms with Crippen LogP contribution in [0, 0.1) is 0 Å². The summed E-state index contributed by atoms with van der Waals surface area (Å²) >= 11 is 0. The molecule has 1 heterocycles. The Morgan fingerprint density at radius 3 is 2.21 bits per heavy atom. The molecule has 0 saturated heterocycles. The lowest BCUT2D eigenvalue weighted by Gasteiger charge is -2.13. The van der Waals surface area contributed by atoms with Gasteiger partial charge in [-0.05, 0) is 19.4 Å². The number of aromatic nitrogens is 2. The van der Waals surface area contributed by atoms with Gasteiger partial charge in [0.2, 0.25) is 5.95 Å². The van der Waals surface area contributed by atoms with Crippen molar-refractivity contribution in [3.63, 3.8) is 0 Å². The lowest BCUT2D eigenvalue weighted by Crippen LogP contribution is -2.14. The average Bonchev–Trinajstić information content (AvgIpc) is 2.61. The number of benzene rings is 2. The molecule has 0 amide bonds. The summed E-state index contributed by atoms with van der Waals surface area (Å²) < 4.78 is 0. The Bertz CT molecular complexity index is 770. The van der Waals surface area contributed by atoms with Crippen LogP contribution in [0.3, 0.4) is 0 Å². The molecule has 3 aromatic rings. The Morgan fingerprint density at radius 2 is 1.54 bits per heavy atom. The van der Waals surface area contributed by atoms with E-state index < -0.39 is 0 Å². The number of nitrogens with one attached hydrogen (secondary N) is 2. The quantitative estimate of drug-likeness (QED) is 0.698. The highest BCUT2D eigenvalue weighted by molar-refractivity contribution is 5.64. The van der Waals surface area contributed by atoms with Gasteiger partial charge in [0.15, 0.2) is 0 Å². The monoisotopic (exact) mass is 318 g/mol. The van der Waals surface area contributed by atoms with E-state index in [1.165, 1.54) is 5.56 Å². The van der Waals surface area contributed by atoms with Crippen molar-refractivity contribution in [2.45, 2.75) is 26.4 Å². The minimum Gasteiger partial charge on any atom is -0.366 e. The van der Waals surface area contributed by atoms with Crippen LogP contribution in [0.1, 0.15) is 19.4 Å². The number of anilines is 2. The molecule has 122 valence electrons. The van der Waals surface area contributed by atoms with Crippen molar-refractivity contribution in [2.75, 3.05) is 10.6 Å². The molecule has 0 spiro atoms. The highest BCUT2D eigenvalue weighted by Crippen LogP contribution is 2.22. The van der Waals surface area contributed by atoms with Crippen molar-refractivity contribution in [1.29, 1.82) is 0 Å². The van der Waals surface area contributed by atoms with Crippen molar-refractivity contribution < 1.29 is 0 Å². The van der Waals surface area contributed by atoms with Crippen LogP contribution in [0.4, 0.5) is 11.8 Å². The molecule has 0 radical (unpaired) electrons. The highest BCUT2D eigenvalue weighted by Gasteiger charge is 2.07. The van der Waals surface area contributed by atoms with E-state index in [1.807, 2.05) is 42.5 Å². The molecule has 0 aliphatic rings. The van der Waals surface area contributed by atoms with Crippen LogP contribution in [-0.4, -0.2) is 16.0 Å². The fraction of sp³-hybridized carbons (Fsp3) is 0.200. The summed E-state index contributed by atoms with van der Waals surface area (Å²) in [7, 11) is 0. The van der Waals surface area contributed by atoms with E-state index in [4.69, 9.17) is 0 Å². The molecule has 0 atom stereocenters. The Labute approximate surface area is 143 Å². The first-order chi connectivity index (χ1) is 11.7. The lowest BCUT2D eigenvalue weighted by molar-refractivity contribution is 0.874. The van der Waals surface area contributed by atoms with Gasteiger partial charge in [-0.25, -0.2) is 4.98 Å². The SMILES string of the molecule is CC(C)Nc1nc(NCc2ccccc2)cc(-c2ccccc2)n1. The third-order valence-electron chi connectivity index (χ3n) is 3.53. The fourth-order valence-electron chi connectivity index (χ4n) is 2.41. The topological polar surface area (TPSA) is 49.8 Å². The van der Waals surface area contributed by atoms with Crippen LogP contribution in [0.15, 0.2) is 66.7 Å². The molecule has 0 aliphatic carbocycles. The van der Waals surface area contributed by atoms with Gasteiger partial charge >= 0.3 is 0 Å². The minimum atomic E-state index is 0.276. The molecule has 0 fully saturated rings. The van der Waals surface area contributed by atoms with Gasteiger partial charge in [-0.2, -0.15) is 4.98 Å². The van der Waals surface area contributed by atoms with Gasteiger partial charge in [0.25, 0.3) is 0 Å². The van der Waals surface area contributed by atoms with Crippen LogP contribution < -0.4 is 10.6 Å². The standard InChI is InChI=1S/C20H22N4/c1-15(2)22-20-23-18(17-11-7-4-8-12-17)13-19(24-20)21-14-16-9-5-3-6-10-16/h3-13,15H,14H2,1-2H3,(H2,21,22,23,24). The Kier molecular flexibility index (Phi) is 5.06. The second-order valence-electron chi connectivity index (χ2n) is 5.97. The van der Waals surface area contributed by atoms with E-state index in [2.05, 4.69) is 58.7 Å². The smallest absolute Gasteiger partial charge is 0.225 e. The van der Waals surface area contributed by atoms with Gasteiger partial charge in [-0.3, -0.25) is 0 Å². The maximum atomic E-state index is 4.64. The molecule has 1 aromatic heterocycles. The first kappa shape index (κ1) is 16.0. The van der Waals surface area contributed by atoms with Crippen molar-refractivity contribution in [3.05, 3.63) is 72.3 Å². The van der Waals surface area contributed by atoms with Crippen LogP contribution >= 0.6 is 0 Å². The van der Waals surface area contributed by atoms with Crippen LogP contribution in [0.25, 0.3) is 11.3 Å². The largest absolute Gasteiger partial charge is 0.366 e. The molecule has 2 N–H and O–H groups in total.